The fraction of sp³-hybridized carbons (Fsp3) is 0.176. The van der Waals surface area contributed by atoms with Gasteiger partial charge >= 0.3 is 6.03 Å². The minimum atomic E-state index is -0.434. The molecule has 0 atom stereocenters. The van der Waals surface area contributed by atoms with Crippen molar-refractivity contribution in [3.63, 3.8) is 0 Å². The lowest BCUT2D eigenvalue weighted by molar-refractivity contribution is 0.245. The molecule has 0 saturated heterocycles. The number of fused-ring (bicyclic) bond motifs is 1. The minimum Gasteiger partial charge on any atom is -0.356 e. The first-order valence-electron chi connectivity index (χ1n) is 7.34. The summed E-state index contributed by atoms with van der Waals surface area (Å²) in [5.41, 5.74) is 1.55. The molecule has 0 aliphatic heterocycles. The molecule has 2 aromatic carbocycles. The Hall–Kier alpha value is -2.89. The Morgan fingerprint density at radius 1 is 1.22 bits per heavy atom. The van der Waals surface area contributed by atoms with Crippen molar-refractivity contribution >= 4 is 22.7 Å². The molecule has 1 aromatic heterocycles. The van der Waals surface area contributed by atoms with Crippen molar-refractivity contribution in [2.45, 2.75) is 13.5 Å². The quantitative estimate of drug-likeness (QED) is 0.799. The first kappa shape index (κ1) is 15.0. The summed E-state index contributed by atoms with van der Waals surface area (Å²) < 4.78 is 19.1. The van der Waals surface area contributed by atoms with Crippen LogP contribution in [0.1, 0.15) is 12.6 Å². The second-order valence-corrected chi connectivity index (χ2v) is 4.98. The molecule has 2 amide bonds. The van der Waals surface area contributed by atoms with Crippen LogP contribution in [0.15, 0.2) is 53.1 Å². The Labute approximate surface area is 132 Å². The van der Waals surface area contributed by atoms with Crippen molar-refractivity contribution in [1.82, 2.24) is 10.5 Å². The van der Waals surface area contributed by atoms with Gasteiger partial charge in [-0.1, -0.05) is 29.4 Å². The van der Waals surface area contributed by atoms with E-state index in [0.29, 0.717) is 17.8 Å². The highest BCUT2D eigenvalue weighted by Gasteiger charge is 2.17. The van der Waals surface area contributed by atoms with Gasteiger partial charge in [-0.25, -0.2) is 9.18 Å². The predicted molar refractivity (Wildman–Crippen MR) is 85.7 cm³/mol. The van der Waals surface area contributed by atoms with E-state index >= 15 is 0 Å². The lowest BCUT2D eigenvalue weighted by Crippen LogP contribution is -2.40. The maximum atomic E-state index is 13.9. The minimum absolute atomic E-state index is 0.209. The summed E-state index contributed by atoms with van der Waals surface area (Å²) in [6.45, 7) is 2.35. The van der Waals surface area contributed by atoms with Crippen LogP contribution in [0.5, 0.6) is 0 Å². The zero-order valence-corrected chi connectivity index (χ0v) is 12.6. The number of carbonyl (C=O) groups is 1. The van der Waals surface area contributed by atoms with Crippen molar-refractivity contribution in [2.75, 3.05) is 11.4 Å². The van der Waals surface area contributed by atoms with Crippen LogP contribution in [0.4, 0.5) is 14.9 Å². The fourth-order valence-electron chi connectivity index (χ4n) is 2.41. The maximum Gasteiger partial charge on any atom is 0.322 e. The van der Waals surface area contributed by atoms with Crippen LogP contribution in [-0.4, -0.2) is 17.7 Å². The zero-order valence-electron chi connectivity index (χ0n) is 12.6. The molecular formula is C17H16FN3O2. The molecule has 0 fully saturated rings. The third-order valence-electron chi connectivity index (χ3n) is 3.56. The zero-order chi connectivity index (χ0) is 16.2. The van der Waals surface area contributed by atoms with Gasteiger partial charge in [0.25, 0.3) is 0 Å². The number of urea groups is 1. The van der Waals surface area contributed by atoms with E-state index in [4.69, 9.17) is 4.52 Å². The Kier molecular flexibility index (Phi) is 4.23. The lowest BCUT2D eigenvalue weighted by Gasteiger charge is -2.21. The van der Waals surface area contributed by atoms with E-state index in [2.05, 4.69) is 10.5 Å². The number of hydrogen-bond acceptors (Lipinski definition) is 3. The molecule has 0 radical (unpaired) electrons. The van der Waals surface area contributed by atoms with E-state index in [0.717, 1.165) is 5.39 Å². The van der Waals surface area contributed by atoms with E-state index < -0.39 is 5.82 Å². The van der Waals surface area contributed by atoms with Crippen LogP contribution in [0.25, 0.3) is 11.0 Å². The number of benzene rings is 2. The van der Waals surface area contributed by atoms with Crippen LogP contribution in [0, 0.1) is 5.82 Å². The van der Waals surface area contributed by atoms with Gasteiger partial charge < -0.3 is 9.84 Å². The average Bonchev–Trinajstić information content (AvgIpc) is 2.98. The summed E-state index contributed by atoms with van der Waals surface area (Å²) in [7, 11) is 0. The summed E-state index contributed by atoms with van der Waals surface area (Å²) in [4.78, 5) is 13.7. The molecule has 1 N–H and O–H groups in total. The molecule has 0 aliphatic rings. The van der Waals surface area contributed by atoms with Crippen LogP contribution in [0.3, 0.4) is 0 Å². The number of para-hydroxylation sites is 2. The Morgan fingerprint density at radius 3 is 2.74 bits per heavy atom. The molecular weight excluding hydrogens is 297 g/mol. The molecule has 0 spiro atoms. The van der Waals surface area contributed by atoms with Gasteiger partial charge in [-0.05, 0) is 31.2 Å². The molecule has 0 unspecified atom stereocenters. The Bertz CT molecular complexity index is 831. The predicted octanol–water partition coefficient (Wildman–Crippen LogP) is 3.70. The van der Waals surface area contributed by atoms with E-state index in [1.54, 1.807) is 25.1 Å². The van der Waals surface area contributed by atoms with Gasteiger partial charge in [0.2, 0.25) is 0 Å². The molecule has 6 heteroatoms. The summed E-state index contributed by atoms with van der Waals surface area (Å²) in [5.74, 6) is -0.434. The van der Waals surface area contributed by atoms with Gasteiger partial charge in [-0.15, -0.1) is 0 Å². The highest BCUT2D eigenvalue weighted by atomic mass is 19.1. The van der Waals surface area contributed by atoms with Crippen molar-refractivity contribution < 1.29 is 13.7 Å². The normalized spacial score (nSPS) is 10.7. The number of carbonyl (C=O) groups excluding carboxylic acids is 1. The smallest absolute Gasteiger partial charge is 0.322 e. The second-order valence-electron chi connectivity index (χ2n) is 4.98. The van der Waals surface area contributed by atoms with Crippen molar-refractivity contribution in [1.29, 1.82) is 0 Å². The topological polar surface area (TPSA) is 58.4 Å². The van der Waals surface area contributed by atoms with Gasteiger partial charge in [0.15, 0.2) is 5.58 Å². The summed E-state index contributed by atoms with van der Waals surface area (Å²) in [6, 6.07) is 13.2. The van der Waals surface area contributed by atoms with Gasteiger partial charge in [0.05, 0.1) is 12.2 Å². The lowest BCUT2D eigenvalue weighted by atomic mass is 10.2. The highest BCUT2D eigenvalue weighted by molar-refractivity contribution is 5.92. The molecule has 0 saturated carbocycles. The number of aromatic nitrogens is 1. The number of halogens is 1. The van der Waals surface area contributed by atoms with Gasteiger partial charge in [0, 0.05) is 11.9 Å². The summed E-state index contributed by atoms with van der Waals surface area (Å²) in [5, 5.41) is 7.56. The highest BCUT2D eigenvalue weighted by Crippen LogP contribution is 2.20. The third kappa shape index (κ3) is 3.01. The van der Waals surface area contributed by atoms with Crippen molar-refractivity contribution in [3.8, 4) is 0 Å². The standard InChI is InChI=1S/C17H16FN3O2/c1-2-21(15-9-5-4-8-13(15)18)17(22)19-11-14-12-7-3-6-10-16(12)23-20-14/h3-10H,2,11H2,1H3,(H,19,22). The fourth-order valence-corrected chi connectivity index (χ4v) is 2.41. The van der Waals surface area contributed by atoms with Gasteiger partial charge in [-0.2, -0.15) is 0 Å². The van der Waals surface area contributed by atoms with Crippen molar-refractivity contribution in [3.05, 3.63) is 60.0 Å². The SMILES string of the molecule is CCN(C(=O)NCc1noc2ccccc12)c1ccccc1F. The summed E-state index contributed by atoms with van der Waals surface area (Å²) in [6.07, 6.45) is 0. The number of nitrogens with zero attached hydrogens (tertiary/aromatic N) is 2. The van der Waals surface area contributed by atoms with E-state index in [-0.39, 0.29) is 18.3 Å². The van der Waals surface area contributed by atoms with Crippen LogP contribution >= 0.6 is 0 Å². The van der Waals surface area contributed by atoms with Crippen molar-refractivity contribution in [2.24, 2.45) is 0 Å². The third-order valence-corrected chi connectivity index (χ3v) is 3.56. The second kappa shape index (κ2) is 6.48. The van der Waals surface area contributed by atoms with E-state index in [9.17, 15) is 9.18 Å². The number of amides is 2. The molecule has 1 heterocycles. The first-order chi connectivity index (χ1) is 11.2. The van der Waals surface area contributed by atoms with E-state index in [1.807, 2.05) is 24.3 Å². The Morgan fingerprint density at radius 2 is 1.96 bits per heavy atom. The first-order valence-corrected chi connectivity index (χ1v) is 7.34. The Balaban J connectivity index is 1.74. The largest absolute Gasteiger partial charge is 0.356 e. The number of rotatable bonds is 4. The average molecular weight is 313 g/mol. The van der Waals surface area contributed by atoms with E-state index in [1.165, 1.54) is 11.0 Å². The number of nitrogens with one attached hydrogen (secondary N) is 1. The van der Waals surface area contributed by atoms with Crippen LogP contribution < -0.4 is 10.2 Å². The summed E-state index contributed by atoms with van der Waals surface area (Å²) >= 11 is 0. The maximum absolute atomic E-state index is 13.9. The van der Waals surface area contributed by atoms with Crippen LogP contribution in [-0.2, 0) is 6.54 Å². The van der Waals surface area contributed by atoms with Crippen LogP contribution in [0.2, 0.25) is 0 Å². The molecule has 0 aliphatic carbocycles. The molecule has 23 heavy (non-hydrogen) atoms. The number of anilines is 1. The van der Waals surface area contributed by atoms with Gasteiger partial charge in [0.1, 0.15) is 11.5 Å². The monoisotopic (exact) mass is 313 g/mol. The van der Waals surface area contributed by atoms with Gasteiger partial charge in [-0.3, -0.25) is 4.90 Å². The molecule has 3 aromatic rings. The number of hydrogen-bond donors (Lipinski definition) is 1. The molecule has 3 rings (SSSR count). The molecule has 5 nitrogen and oxygen atoms in total. The molecule has 118 valence electrons. The molecule has 0 bridgehead atoms.